The maximum atomic E-state index is 12.9. The maximum Gasteiger partial charge on any atom is 0.411 e. The van der Waals surface area contributed by atoms with E-state index in [0.717, 1.165) is 27.8 Å². The van der Waals surface area contributed by atoms with Crippen LogP contribution in [0, 0.1) is 0 Å². The summed E-state index contributed by atoms with van der Waals surface area (Å²) in [5.74, 6) is -1.10. The lowest BCUT2D eigenvalue weighted by Gasteiger charge is -2.34. The first-order valence-electron chi connectivity index (χ1n) is 9.63. The molecule has 3 aromatic carbocycles. The molecule has 0 aromatic heterocycles. The van der Waals surface area contributed by atoms with Crippen LogP contribution in [0.5, 0.6) is 0 Å². The Kier molecular flexibility index (Phi) is 5.14. The number of methoxy groups -OCH3 is 1. The second-order valence-corrected chi connectivity index (χ2v) is 7.25. The van der Waals surface area contributed by atoms with Crippen LogP contribution in [-0.4, -0.2) is 35.2 Å². The summed E-state index contributed by atoms with van der Waals surface area (Å²) in [6, 6.07) is 20.8. The van der Waals surface area contributed by atoms with Crippen molar-refractivity contribution in [2.75, 3.05) is 12.8 Å². The van der Waals surface area contributed by atoms with Crippen molar-refractivity contribution in [1.82, 2.24) is 4.90 Å². The molecular formula is C24H22N2O4. The first-order valence-corrected chi connectivity index (χ1v) is 9.63. The molecule has 0 heterocycles. The van der Waals surface area contributed by atoms with Gasteiger partial charge in [-0.15, -0.1) is 0 Å². The van der Waals surface area contributed by atoms with Gasteiger partial charge in [0.25, 0.3) is 0 Å². The highest BCUT2D eigenvalue weighted by atomic mass is 16.5. The van der Waals surface area contributed by atoms with Crippen molar-refractivity contribution in [2.24, 2.45) is 0 Å². The van der Waals surface area contributed by atoms with Crippen LogP contribution in [0.25, 0.3) is 11.1 Å². The molecule has 0 aliphatic heterocycles. The molecule has 1 amide bonds. The average molecular weight is 402 g/mol. The van der Waals surface area contributed by atoms with Crippen LogP contribution >= 0.6 is 0 Å². The van der Waals surface area contributed by atoms with Crippen molar-refractivity contribution in [2.45, 2.75) is 18.5 Å². The minimum absolute atomic E-state index is 0.131. The lowest BCUT2D eigenvalue weighted by molar-refractivity contribution is -0.143. The summed E-state index contributed by atoms with van der Waals surface area (Å²) in [7, 11) is 1.27. The number of amides is 1. The number of nitrogens with zero attached hydrogens (tertiary/aromatic N) is 1. The Bertz CT molecular complexity index is 1050. The summed E-state index contributed by atoms with van der Waals surface area (Å²) in [6.45, 7) is 0. The number of rotatable bonds is 5. The Hall–Kier alpha value is -3.80. The molecule has 152 valence electrons. The molecule has 0 bridgehead atoms. The van der Waals surface area contributed by atoms with Crippen LogP contribution in [0.4, 0.5) is 10.5 Å². The molecule has 0 radical (unpaired) electrons. The van der Waals surface area contributed by atoms with Crippen molar-refractivity contribution in [3.05, 3.63) is 89.5 Å². The lowest BCUT2D eigenvalue weighted by atomic mass is 9.98. The van der Waals surface area contributed by atoms with Crippen molar-refractivity contribution < 1.29 is 19.4 Å². The van der Waals surface area contributed by atoms with E-state index in [2.05, 4.69) is 0 Å². The van der Waals surface area contributed by atoms with Gasteiger partial charge in [-0.05, 0) is 39.9 Å². The van der Waals surface area contributed by atoms with Crippen LogP contribution < -0.4 is 5.73 Å². The van der Waals surface area contributed by atoms with Gasteiger partial charge in [-0.2, -0.15) is 0 Å². The molecule has 1 unspecified atom stereocenters. The Morgan fingerprint density at radius 1 is 0.967 bits per heavy atom. The molecule has 4 rings (SSSR count). The normalized spacial score (nSPS) is 13.2. The highest BCUT2D eigenvalue weighted by Gasteiger charge is 2.42. The van der Waals surface area contributed by atoms with Crippen LogP contribution in [0.3, 0.4) is 0 Å². The van der Waals surface area contributed by atoms with Gasteiger partial charge in [-0.25, -0.2) is 9.59 Å². The first-order chi connectivity index (χ1) is 14.5. The van der Waals surface area contributed by atoms with E-state index in [1.807, 2.05) is 48.5 Å². The van der Waals surface area contributed by atoms with Gasteiger partial charge < -0.3 is 15.6 Å². The van der Waals surface area contributed by atoms with Crippen LogP contribution in [-0.2, 0) is 16.0 Å². The van der Waals surface area contributed by atoms with Crippen molar-refractivity contribution in [3.63, 3.8) is 0 Å². The van der Waals surface area contributed by atoms with Crippen LogP contribution in [0.15, 0.2) is 72.8 Å². The number of carboxylic acids is 1. The van der Waals surface area contributed by atoms with Gasteiger partial charge in [0.15, 0.2) is 0 Å². The number of carbonyl (C=O) groups excluding carboxylic acids is 1. The number of nitrogens with two attached hydrogens (primary N) is 1. The van der Waals surface area contributed by atoms with Gasteiger partial charge in [0, 0.05) is 12.1 Å². The van der Waals surface area contributed by atoms with E-state index < -0.39 is 24.1 Å². The molecule has 1 aliphatic carbocycles. The summed E-state index contributed by atoms with van der Waals surface area (Å²) in [6.07, 6.45) is -0.555. The number of nitrogen functional groups attached to an aromatic ring is 1. The smallest absolute Gasteiger partial charge is 0.411 e. The van der Waals surface area contributed by atoms with Gasteiger partial charge in [0.2, 0.25) is 0 Å². The number of hydrogen-bond donors (Lipinski definition) is 2. The number of benzene rings is 3. The summed E-state index contributed by atoms with van der Waals surface area (Å²) in [4.78, 5) is 26.6. The first kappa shape index (κ1) is 19.5. The van der Waals surface area contributed by atoms with E-state index in [1.54, 1.807) is 24.3 Å². The molecule has 0 saturated heterocycles. The maximum absolute atomic E-state index is 12.9. The third kappa shape index (κ3) is 3.37. The highest BCUT2D eigenvalue weighted by Crippen LogP contribution is 2.47. The zero-order valence-electron chi connectivity index (χ0n) is 16.5. The number of hydrogen-bond acceptors (Lipinski definition) is 4. The predicted molar refractivity (Wildman–Crippen MR) is 114 cm³/mol. The molecule has 0 saturated carbocycles. The summed E-state index contributed by atoms with van der Waals surface area (Å²) < 4.78 is 5.05. The van der Waals surface area contributed by atoms with E-state index in [9.17, 15) is 14.7 Å². The molecule has 1 aliphatic rings. The summed E-state index contributed by atoms with van der Waals surface area (Å²) in [5, 5.41) is 10.1. The van der Waals surface area contributed by atoms with E-state index in [0.29, 0.717) is 5.69 Å². The Morgan fingerprint density at radius 2 is 1.50 bits per heavy atom. The third-order valence-corrected chi connectivity index (χ3v) is 5.49. The Morgan fingerprint density at radius 3 is 2.00 bits per heavy atom. The zero-order chi connectivity index (χ0) is 21.3. The van der Waals surface area contributed by atoms with E-state index in [1.165, 1.54) is 12.0 Å². The van der Waals surface area contributed by atoms with Crippen molar-refractivity contribution in [1.29, 1.82) is 0 Å². The van der Waals surface area contributed by atoms with Gasteiger partial charge in [-0.1, -0.05) is 60.7 Å². The SMILES string of the molecule is COC(=O)N(C(Cc1ccc(N)cc1)C(=O)O)C1c2ccccc2-c2ccccc21. The molecule has 1 atom stereocenters. The quantitative estimate of drug-likeness (QED) is 0.627. The average Bonchev–Trinajstić information content (AvgIpc) is 3.09. The van der Waals surface area contributed by atoms with Crippen LogP contribution in [0.2, 0.25) is 0 Å². The Balaban J connectivity index is 1.83. The van der Waals surface area contributed by atoms with E-state index >= 15 is 0 Å². The molecule has 6 heteroatoms. The molecule has 0 spiro atoms. The highest BCUT2D eigenvalue weighted by molar-refractivity contribution is 5.85. The lowest BCUT2D eigenvalue weighted by Crippen LogP contribution is -2.48. The van der Waals surface area contributed by atoms with Gasteiger partial charge in [0.05, 0.1) is 13.2 Å². The number of carbonyl (C=O) groups is 2. The second kappa shape index (κ2) is 7.91. The topological polar surface area (TPSA) is 92.9 Å². The third-order valence-electron chi connectivity index (χ3n) is 5.49. The molecule has 0 fully saturated rings. The number of anilines is 1. The minimum Gasteiger partial charge on any atom is -0.480 e. The van der Waals surface area contributed by atoms with Crippen LogP contribution in [0.1, 0.15) is 22.7 Å². The summed E-state index contributed by atoms with van der Waals surface area (Å²) >= 11 is 0. The second-order valence-electron chi connectivity index (χ2n) is 7.25. The standard InChI is InChI=1S/C24H22N2O4/c1-30-24(29)26(21(23(27)28)14-15-10-12-16(25)13-11-15)22-19-8-4-2-6-17(19)18-7-3-5-9-20(18)22/h2-13,21-22H,14,25H2,1H3,(H,27,28). The Labute approximate surface area is 174 Å². The van der Waals surface area contributed by atoms with Gasteiger partial charge >= 0.3 is 12.1 Å². The molecular weight excluding hydrogens is 380 g/mol. The molecule has 3 aromatic rings. The summed E-state index contributed by atoms with van der Waals surface area (Å²) in [5.41, 5.74) is 10.9. The monoisotopic (exact) mass is 402 g/mol. The minimum atomic E-state index is -1.12. The number of carboxylic acid groups (broad SMARTS) is 1. The zero-order valence-corrected chi connectivity index (χ0v) is 16.5. The predicted octanol–water partition coefficient (Wildman–Crippen LogP) is 4.10. The van der Waals surface area contributed by atoms with Crippen molar-refractivity contribution >= 4 is 17.7 Å². The fourth-order valence-electron chi connectivity index (χ4n) is 4.13. The number of aliphatic carboxylic acids is 1. The fourth-order valence-corrected chi connectivity index (χ4v) is 4.13. The largest absolute Gasteiger partial charge is 0.480 e. The molecule has 30 heavy (non-hydrogen) atoms. The fraction of sp³-hybridized carbons (Fsp3) is 0.167. The molecule has 6 nitrogen and oxygen atoms in total. The van der Waals surface area contributed by atoms with E-state index in [-0.39, 0.29) is 6.42 Å². The van der Waals surface area contributed by atoms with Gasteiger partial charge in [0.1, 0.15) is 6.04 Å². The molecule has 3 N–H and O–H groups in total. The number of ether oxygens (including phenoxy) is 1. The van der Waals surface area contributed by atoms with E-state index in [4.69, 9.17) is 10.5 Å². The number of fused-ring (bicyclic) bond motifs is 3. The van der Waals surface area contributed by atoms with Crippen molar-refractivity contribution in [3.8, 4) is 11.1 Å². The van der Waals surface area contributed by atoms with Gasteiger partial charge in [-0.3, -0.25) is 4.90 Å².